The normalized spacial score (nSPS) is 17.8. The number of ether oxygens (including phenoxy) is 1. The lowest BCUT2D eigenvalue weighted by atomic mass is 10.1. The standard InChI is InChI=1S/C21H18F3N5O4/c22-21(23,24)11-1-4-13(5-2-11)29-7-8-33-17(20(29)32)16(30)19(31)28-12-3-6-14-15(9-12)26-10-27-18(14)25/h1-6,9-10,16-17,30H,7-8H2,(H,28,31)(H2,25,26,27)/t16?,17-/m1/s1. The number of carbonyl (C=O) groups is 2. The van der Waals surface area contributed by atoms with E-state index in [0.29, 0.717) is 16.6 Å². The number of aromatic nitrogens is 2. The van der Waals surface area contributed by atoms with E-state index in [0.717, 1.165) is 24.3 Å². The molecule has 172 valence electrons. The Morgan fingerprint density at radius 3 is 2.64 bits per heavy atom. The second-order valence-corrected chi connectivity index (χ2v) is 7.25. The van der Waals surface area contributed by atoms with Crippen molar-refractivity contribution in [1.82, 2.24) is 9.97 Å². The van der Waals surface area contributed by atoms with Crippen LogP contribution >= 0.6 is 0 Å². The summed E-state index contributed by atoms with van der Waals surface area (Å²) in [6, 6.07) is 8.66. The average Bonchev–Trinajstić information content (AvgIpc) is 2.78. The van der Waals surface area contributed by atoms with E-state index in [4.69, 9.17) is 10.5 Å². The summed E-state index contributed by atoms with van der Waals surface area (Å²) in [7, 11) is 0. The molecule has 0 saturated carbocycles. The Labute approximate surface area is 185 Å². The van der Waals surface area contributed by atoms with Crippen molar-refractivity contribution in [3.8, 4) is 0 Å². The largest absolute Gasteiger partial charge is 0.416 e. The molecule has 1 saturated heterocycles. The molecular weight excluding hydrogens is 443 g/mol. The number of anilines is 3. The van der Waals surface area contributed by atoms with Gasteiger partial charge in [-0.15, -0.1) is 0 Å². The van der Waals surface area contributed by atoms with Gasteiger partial charge in [0.25, 0.3) is 11.8 Å². The zero-order valence-electron chi connectivity index (χ0n) is 16.9. The van der Waals surface area contributed by atoms with E-state index < -0.39 is 35.8 Å². The van der Waals surface area contributed by atoms with Gasteiger partial charge in [-0.3, -0.25) is 9.59 Å². The highest BCUT2D eigenvalue weighted by Crippen LogP contribution is 2.31. The first kappa shape index (κ1) is 22.4. The minimum absolute atomic E-state index is 0.0199. The summed E-state index contributed by atoms with van der Waals surface area (Å²) < 4.78 is 43.7. The zero-order chi connectivity index (χ0) is 23.8. The topological polar surface area (TPSA) is 131 Å². The SMILES string of the molecule is Nc1ncnc2cc(NC(=O)C(O)[C@H]3OCCN(c4ccc(C(F)(F)F)cc4)C3=O)ccc12. The Balaban J connectivity index is 1.47. The molecule has 3 aromatic rings. The van der Waals surface area contributed by atoms with Crippen molar-refractivity contribution in [2.24, 2.45) is 0 Å². The van der Waals surface area contributed by atoms with E-state index in [1.165, 1.54) is 23.4 Å². The van der Waals surface area contributed by atoms with E-state index in [1.54, 1.807) is 6.07 Å². The molecule has 1 aromatic heterocycles. The van der Waals surface area contributed by atoms with Gasteiger partial charge >= 0.3 is 6.18 Å². The van der Waals surface area contributed by atoms with Crippen LogP contribution in [0.25, 0.3) is 10.9 Å². The molecule has 4 rings (SSSR count). The number of aliphatic hydroxyl groups is 1. The summed E-state index contributed by atoms with van der Waals surface area (Å²) in [5.41, 5.74) is 5.87. The number of nitrogens with zero attached hydrogens (tertiary/aromatic N) is 3. The summed E-state index contributed by atoms with van der Waals surface area (Å²) in [4.78, 5) is 34.5. The summed E-state index contributed by atoms with van der Waals surface area (Å²) in [6.45, 7) is 0.0365. The molecule has 9 nitrogen and oxygen atoms in total. The molecule has 0 bridgehead atoms. The molecule has 1 unspecified atom stereocenters. The van der Waals surface area contributed by atoms with Crippen LogP contribution in [0, 0.1) is 0 Å². The third-order valence-corrected chi connectivity index (χ3v) is 5.12. The number of morpholine rings is 1. The fourth-order valence-corrected chi connectivity index (χ4v) is 3.43. The van der Waals surface area contributed by atoms with E-state index in [1.807, 2.05) is 0 Å². The second-order valence-electron chi connectivity index (χ2n) is 7.25. The van der Waals surface area contributed by atoms with Gasteiger partial charge in [-0.1, -0.05) is 0 Å². The third-order valence-electron chi connectivity index (χ3n) is 5.12. The van der Waals surface area contributed by atoms with Crippen LogP contribution in [0.1, 0.15) is 5.56 Å². The van der Waals surface area contributed by atoms with Crippen LogP contribution in [-0.2, 0) is 20.5 Å². The number of alkyl halides is 3. The van der Waals surface area contributed by atoms with Crippen LogP contribution < -0.4 is 16.0 Å². The first-order valence-corrected chi connectivity index (χ1v) is 9.74. The molecule has 1 aliphatic rings. The van der Waals surface area contributed by atoms with Crippen LogP contribution in [0.4, 0.5) is 30.4 Å². The van der Waals surface area contributed by atoms with Gasteiger partial charge in [0.05, 0.1) is 17.7 Å². The average molecular weight is 461 g/mol. The molecule has 2 amide bonds. The van der Waals surface area contributed by atoms with E-state index in [9.17, 15) is 27.9 Å². The van der Waals surface area contributed by atoms with Crippen molar-refractivity contribution < 1.29 is 32.6 Å². The molecule has 2 aromatic carbocycles. The monoisotopic (exact) mass is 461 g/mol. The summed E-state index contributed by atoms with van der Waals surface area (Å²) >= 11 is 0. The van der Waals surface area contributed by atoms with Crippen molar-refractivity contribution in [3.63, 3.8) is 0 Å². The van der Waals surface area contributed by atoms with E-state index >= 15 is 0 Å². The highest BCUT2D eigenvalue weighted by Gasteiger charge is 2.39. The molecule has 0 aliphatic carbocycles. The number of amides is 2. The van der Waals surface area contributed by atoms with Gasteiger partial charge in [-0.25, -0.2) is 9.97 Å². The number of carbonyl (C=O) groups excluding carboxylic acids is 2. The van der Waals surface area contributed by atoms with E-state index in [-0.39, 0.29) is 24.7 Å². The number of nitrogens with one attached hydrogen (secondary N) is 1. The molecule has 0 radical (unpaired) electrons. The Bertz CT molecular complexity index is 1200. The van der Waals surface area contributed by atoms with Crippen LogP contribution in [0.2, 0.25) is 0 Å². The lowest BCUT2D eigenvalue weighted by Crippen LogP contribution is -2.55. The van der Waals surface area contributed by atoms with Crippen LogP contribution in [0.15, 0.2) is 48.8 Å². The Kier molecular flexibility index (Phi) is 5.87. The number of fused-ring (bicyclic) bond motifs is 1. The van der Waals surface area contributed by atoms with Crippen molar-refractivity contribution in [2.45, 2.75) is 18.4 Å². The number of rotatable bonds is 4. The van der Waals surface area contributed by atoms with Gasteiger partial charge in [0.15, 0.2) is 12.2 Å². The van der Waals surface area contributed by atoms with Gasteiger partial charge in [0.2, 0.25) is 0 Å². The number of hydrogen-bond acceptors (Lipinski definition) is 7. The smallest absolute Gasteiger partial charge is 0.383 e. The molecule has 12 heteroatoms. The lowest BCUT2D eigenvalue weighted by Gasteiger charge is -2.34. The molecule has 1 aliphatic heterocycles. The van der Waals surface area contributed by atoms with Crippen molar-refractivity contribution in [2.75, 3.05) is 29.1 Å². The first-order chi connectivity index (χ1) is 15.6. The second kappa shape index (κ2) is 8.64. The highest BCUT2D eigenvalue weighted by atomic mass is 19.4. The zero-order valence-corrected chi connectivity index (χ0v) is 16.9. The van der Waals surface area contributed by atoms with E-state index in [2.05, 4.69) is 15.3 Å². The third kappa shape index (κ3) is 4.56. The first-order valence-electron chi connectivity index (χ1n) is 9.74. The van der Waals surface area contributed by atoms with Gasteiger partial charge in [0.1, 0.15) is 12.1 Å². The van der Waals surface area contributed by atoms with Crippen LogP contribution in [-0.4, -0.2) is 52.2 Å². The fraction of sp³-hybridized carbons (Fsp3) is 0.238. The van der Waals surface area contributed by atoms with Gasteiger partial charge in [-0.2, -0.15) is 13.2 Å². The predicted molar refractivity (Wildman–Crippen MR) is 112 cm³/mol. The van der Waals surface area contributed by atoms with Gasteiger partial charge < -0.3 is 25.8 Å². The molecule has 2 heterocycles. The summed E-state index contributed by atoms with van der Waals surface area (Å²) in [6.07, 6.45) is -6.63. The maximum atomic E-state index is 12.8. The maximum Gasteiger partial charge on any atom is 0.416 e. The maximum absolute atomic E-state index is 12.8. The van der Waals surface area contributed by atoms with Crippen LogP contribution in [0.5, 0.6) is 0 Å². The summed E-state index contributed by atoms with van der Waals surface area (Å²) in [5.74, 6) is -1.38. The molecule has 1 fully saturated rings. The van der Waals surface area contributed by atoms with Gasteiger partial charge in [0, 0.05) is 23.3 Å². The number of halogens is 3. The quantitative estimate of drug-likeness (QED) is 0.541. The Morgan fingerprint density at radius 1 is 1.21 bits per heavy atom. The molecule has 2 atom stereocenters. The molecular formula is C21H18F3N5O4. The number of nitrogens with two attached hydrogens (primary N) is 1. The molecule has 33 heavy (non-hydrogen) atoms. The molecule has 0 spiro atoms. The number of hydrogen-bond donors (Lipinski definition) is 3. The molecule has 4 N–H and O–H groups in total. The lowest BCUT2D eigenvalue weighted by molar-refractivity contribution is -0.150. The van der Waals surface area contributed by atoms with Crippen molar-refractivity contribution in [3.05, 3.63) is 54.4 Å². The Morgan fingerprint density at radius 2 is 1.94 bits per heavy atom. The minimum atomic E-state index is -4.51. The number of nitrogen functional groups attached to an aromatic ring is 1. The number of benzene rings is 2. The minimum Gasteiger partial charge on any atom is -0.383 e. The van der Waals surface area contributed by atoms with Crippen molar-refractivity contribution in [1.29, 1.82) is 0 Å². The van der Waals surface area contributed by atoms with Gasteiger partial charge in [-0.05, 0) is 42.5 Å². The summed E-state index contributed by atoms with van der Waals surface area (Å²) in [5, 5.41) is 13.5. The predicted octanol–water partition coefficient (Wildman–Crippen LogP) is 1.96. The fourth-order valence-electron chi connectivity index (χ4n) is 3.43. The number of aliphatic hydroxyl groups excluding tert-OH is 1. The van der Waals surface area contributed by atoms with Crippen molar-refractivity contribution >= 4 is 39.9 Å². The Hall–Kier alpha value is -3.77. The highest BCUT2D eigenvalue weighted by molar-refractivity contribution is 6.04. The van der Waals surface area contributed by atoms with Crippen LogP contribution in [0.3, 0.4) is 0 Å².